The van der Waals surface area contributed by atoms with Crippen LogP contribution < -0.4 is 5.32 Å². The Labute approximate surface area is 188 Å². The van der Waals surface area contributed by atoms with Crippen LogP contribution in [0.3, 0.4) is 0 Å². The number of morpholine rings is 1. The van der Waals surface area contributed by atoms with E-state index in [9.17, 15) is 26.4 Å². The number of carbonyl (C=O) groups excluding carboxylic acids is 2. The highest BCUT2D eigenvalue weighted by Gasteiger charge is 2.29. The third kappa shape index (κ3) is 5.84. The van der Waals surface area contributed by atoms with Gasteiger partial charge in [0, 0.05) is 58.3 Å². The highest BCUT2D eigenvalue weighted by atomic mass is 32.2. The molecule has 2 aliphatic heterocycles. The van der Waals surface area contributed by atoms with Crippen LogP contribution in [0.4, 0.5) is 0 Å². The summed E-state index contributed by atoms with van der Waals surface area (Å²) in [6.07, 6.45) is 0. The first kappa shape index (κ1) is 24.6. The summed E-state index contributed by atoms with van der Waals surface area (Å²) in [5.74, 6) is -0.798. The van der Waals surface area contributed by atoms with Crippen LogP contribution in [0.1, 0.15) is 17.3 Å². The van der Waals surface area contributed by atoms with E-state index in [4.69, 9.17) is 4.74 Å². The summed E-state index contributed by atoms with van der Waals surface area (Å²) in [7, 11) is -7.21. The topological polar surface area (TPSA) is 133 Å². The molecule has 1 aromatic carbocycles. The molecule has 0 unspecified atom stereocenters. The second-order valence-corrected chi connectivity index (χ2v) is 11.5. The molecule has 0 atom stereocenters. The van der Waals surface area contributed by atoms with Gasteiger partial charge >= 0.3 is 0 Å². The highest BCUT2D eigenvalue weighted by molar-refractivity contribution is 7.89. The Morgan fingerprint density at radius 3 is 2.06 bits per heavy atom. The van der Waals surface area contributed by atoms with Gasteiger partial charge in [-0.1, -0.05) is 0 Å². The molecule has 0 aromatic heterocycles. The number of nitrogens with one attached hydrogen (secondary N) is 1. The summed E-state index contributed by atoms with van der Waals surface area (Å²) >= 11 is 0. The molecule has 13 heteroatoms. The van der Waals surface area contributed by atoms with Gasteiger partial charge in [-0.15, -0.1) is 0 Å². The molecule has 2 heterocycles. The third-order valence-corrected chi connectivity index (χ3v) is 9.23. The van der Waals surface area contributed by atoms with Gasteiger partial charge < -0.3 is 15.0 Å². The normalized spacial score (nSPS) is 19.0. The Bertz CT molecular complexity index is 1030. The number of sulfonamides is 2. The molecule has 3 rings (SSSR count). The van der Waals surface area contributed by atoms with Crippen LogP contribution in [-0.4, -0.2) is 107 Å². The van der Waals surface area contributed by atoms with Crippen LogP contribution in [0, 0.1) is 0 Å². The first-order valence-electron chi connectivity index (χ1n) is 10.3. The Balaban J connectivity index is 1.54. The number of piperazine rings is 1. The van der Waals surface area contributed by atoms with E-state index < -0.39 is 26.0 Å². The monoisotopic (exact) mass is 488 g/mol. The average Bonchev–Trinajstić information content (AvgIpc) is 2.79. The molecule has 178 valence electrons. The lowest BCUT2D eigenvalue weighted by molar-refractivity contribution is -0.129. The predicted octanol–water partition coefficient (Wildman–Crippen LogP) is -1.07. The van der Waals surface area contributed by atoms with E-state index in [1.165, 1.54) is 39.8 Å². The second-order valence-electron chi connectivity index (χ2n) is 7.52. The van der Waals surface area contributed by atoms with Gasteiger partial charge in [0.15, 0.2) is 0 Å². The van der Waals surface area contributed by atoms with Gasteiger partial charge in [-0.3, -0.25) is 9.59 Å². The molecule has 1 aromatic rings. The van der Waals surface area contributed by atoms with Crippen molar-refractivity contribution in [2.75, 3.05) is 64.8 Å². The number of ether oxygens (including phenoxy) is 1. The summed E-state index contributed by atoms with van der Waals surface area (Å²) in [6.45, 7) is 3.80. The van der Waals surface area contributed by atoms with Crippen molar-refractivity contribution in [2.45, 2.75) is 11.8 Å². The number of carbonyl (C=O) groups is 2. The minimum atomic E-state index is -3.73. The standard InChI is InChI=1S/C19H28N4O7S2/c1-16(24)21-7-9-23(10-8-21)32(28,29)18-4-2-17(3-5-18)19(25)20-6-15-31(26,27)22-11-13-30-14-12-22/h2-5H,6-15H2,1H3,(H,20,25). The largest absolute Gasteiger partial charge is 0.379 e. The number of benzene rings is 1. The molecular weight excluding hydrogens is 460 g/mol. The maximum Gasteiger partial charge on any atom is 0.251 e. The van der Waals surface area contributed by atoms with Gasteiger partial charge in [-0.05, 0) is 24.3 Å². The Hall–Kier alpha value is -2.06. The van der Waals surface area contributed by atoms with Crippen molar-refractivity contribution in [3.05, 3.63) is 29.8 Å². The molecular formula is C19H28N4O7S2. The SMILES string of the molecule is CC(=O)N1CCN(S(=O)(=O)c2ccc(C(=O)NCCS(=O)(=O)N3CCOCC3)cc2)CC1. The molecule has 1 N–H and O–H groups in total. The zero-order valence-corrected chi connectivity index (χ0v) is 19.5. The van der Waals surface area contributed by atoms with Crippen LogP contribution in [0.15, 0.2) is 29.2 Å². The van der Waals surface area contributed by atoms with Crippen LogP contribution in [-0.2, 0) is 29.6 Å². The van der Waals surface area contributed by atoms with Gasteiger partial charge in [0.1, 0.15) is 0 Å². The fourth-order valence-electron chi connectivity index (χ4n) is 3.52. The molecule has 0 saturated carbocycles. The minimum absolute atomic E-state index is 0.0558. The maximum absolute atomic E-state index is 12.8. The molecule has 0 spiro atoms. The second kappa shape index (κ2) is 10.3. The van der Waals surface area contributed by atoms with Gasteiger partial charge in [0.2, 0.25) is 26.0 Å². The summed E-state index contributed by atoms with van der Waals surface area (Å²) < 4.78 is 58.0. The summed E-state index contributed by atoms with van der Waals surface area (Å²) in [6, 6.07) is 5.49. The van der Waals surface area contributed by atoms with Crippen molar-refractivity contribution < 1.29 is 31.2 Å². The van der Waals surface area contributed by atoms with Crippen molar-refractivity contribution in [3.63, 3.8) is 0 Å². The third-order valence-electron chi connectivity index (χ3n) is 5.45. The smallest absolute Gasteiger partial charge is 0.251 e. The maximum atomic E-state index is 12.8. The van der Waals surface area contributed by atoms with Crippen LogP contribution in [0.25, 0.3) is 0 Å². The zero-order chi connectivity index (χ0) is 23.4. The molecule has 11 nitrogen and oxygen atoms in total. The lowest BCUT2D eigenvalue weighted by atomic mass is 10.2. The fourth-order valence-corrected chi connectivity index (χ4v) is 6.27. The van der Waals surface area contributed by atoms with Gasteiger partial charge in [-0.2, -0.15) is 8.61 Å². The molecule has 2 aliphatic rings. The van der Waals surface area contributed by atoms with Crippen LogP contribution >= 0.6 is 0 Å². The first-order chi connectivity index (χ1) is 15.1. The minimum Gasteiger partial charge on any atom is -0.379 e. The summed E-state index contributed by atoms with van der Waals surface area (Å²) in [5.41, 5.74) is 0.231. The van der Waals surface area contributed by atoms with E-state index in [2.05, 4.69) is 5.32 Å². The Morgan fingerprint density at radius 2 is 1.50 bits per heavy atom. The molecule has 0 aliphatic carbocycles. The van der Waals surface area contributed by atoms with Crippen molar-refractivity contribution >= 4 is 31.9 Å². The number of rotatable bonds is 7. The van der Waals surface area contributed by atoms with Crippen molar-refractivity contribution in [1.29, 1.82) is 0 Å². The van der Waals surface area contributed by atoms with E-state index in [-0.39, 0.29) is 41.8 Å². The number of amides is 2. The predicted molar refractivity (Wildman–Crippen MR) is 116 cm³/mol. The number of hydrogen-bond donors (Lipinski definition) is 1. The van der Waals surface area contributed by atoms with Crippen LogP contribution in [0.5, 0.6) is 0 Å². The van der Waals surface area contributed by atoms with Crippen LogP contribution in [0.2, 0.25) is 0 Å². The van der Waals surface area contributed by atoms with Crippen molar-refractivity contribution in [2.24, 2.45) is 0 Å². The quantitative estimate of drug-likeness (QED) is 0.517. The summed E-state index contributed by atoms with van der Waals surface area (Å²) in [5, 5.41) is 2.56. The van der Waals surface area contributed by atoms with E-state index in [1.807, 2.05) is 0 Å². The van der Waals surface area contributed by atoms with Gasteiger partial charge in [0.05, 0.1) is 23.9 Å². The Morgan fingerprint density at radius 1 is 0.906 bits per heavy atom. The van der Waals surface area contributed by atoms with E-state index in [0.29, 0.717) is 39.4 Å². The molecule has 2 amide bonds. The van der Waals surface area contributed by atoms with Gasteiger partial charge in [0.25, 0.3) is 5.91 Å². The number of nitrogens with zero attached hydrogens (tertiary/aromatic N) is 3. The first-order valence-corrected chi connectivity index (χ1v) is 13.4. The van der Waals surface area contributed by atoms with Gasteiger partial charge in [-0.25, -0.2) is 16.8 Å². The lowest BCUT2D eigenvalue weighted by Gasteiger charge is -2.33. The average molecular weight is 489 g/mol. The lowest BCUT2D eigenvalue weighted by Crippen LogP contribution is -2.49. The molecule has 0 radical (unpaired) electrons. The molecule has 2 fully saturated rings. The van der Waals surface area contributed by atoms with E-state index in [0.717, 1.165) is 0 Å². The Kier molecular flexibility index (Phi) is 7.88. The zero-order valence-electron chi connectivity index (χ0n) is 17.9. The molecule has 32 heavy (non-hydrogen) atoms. The fraction of sp³-hybridized carbons (Fsp3) is 0.579. The number of hydrogen-bond acceptors (Lipinski definition) is 7. The van der Waals surface area contributed by atoms with Crippen molar-refractivity contribution in [3.8, 4) is 0 Å². The summed E-state index contributed by atoms with van der Waals surface area (Å²) in [4.78, 5) is 25.4. The molecule has 0 bridgehead atoms. The molecule has 2 saturated heterocycles. The van der Waals surface area contributed by atoms with Crippen molar-refractivity contribution in [1.82, 2.24) is 18.8 Å². The van der Waals surface area contributed by atoms with E-state index >= 15 is 0 Å². The van der Waals surface area contributed by atoms with E-state index in [1.54, 1.807) is 4.90 Å². The highest BCUT2D eigenvalue weighted by Crippen LogP contribution is 2.18.